The van der Waals surface area contributed by atoms with Crippen LogP contribution in [0.4, 0.5) is 5.69 Å². The molecular formula is C17H13N5O3. The summed E-state index contributed by atoms with van der Waals surface area (Å²) >= 11 is 0. The Morgan fingerprint density at radius 1 is 1.16 bits per heavy atom. The number of carbonyl (C=O) groups is 1. The van der Waals surface area contributed by atoms with Gasteiger partial charge in [-0.3, -0.25) is 9.59 Å². The van der Waals surface area contributed by atoms with Crippen molar-refractivity contribution in [3.8, 4) is 5.75 Å². The van der Waals surface area contributed by atoms with Crippen LogP contribution in [0.2, 0.25) is 0 Å². The molecule has 0 spiro atoms. The Bertz CT molecular complexity index is 1140. The van der Waals surface area contributed by atoms with Crippen molar-refractivity contribution >= 4 is 28.1 Å². The summed E-state index contributed by atoms with van der Waals surface area (Å²) < 4.78 is 6.45. The summed E-state index contributed by atoms with van der Waals surface area (Å²) in [7, 11) is 1.56. The van der Waals surface area contributed by atoms with E-state index in [-0.39, 0.29) is 11.2 Å². The van der Waals surface area contributed by atoms with Crippen molar-refractivity contribution < 1.29 is 9.53 Å². The van der Waals surface area contributed by atoms with Gasteiger partial charge >= 0.3 is 0 Å². The molecule has 0 radical (unpaired) electrons. The summed E-state index contributed by atoms with van der Waals surface area (Å²) in [5.74, 6) is 0.163. The molecule has 2 N–H and O–H groups in total. The van der Waals surface area contributed by atoms with E-state index in [0.717, 1.165) is 0 Å². The van der Waals surface area contributed by atoms with Gasteiger partial charge < -0.3 is 15.0 Å². The van der Waals surface area contributed by atoms with Gasteiger partial charge in [-0.25, -0.2) is 4.52 Å². The minimum absolute atomic E-state index is 0.0391. The topological polar surface area (TPSA) is 101 Å². The Labute approximate surface area is 141 Å². The van der Waals surface area contributed by atoms with Crippen LogP contribution in [-0.4, -0.2) is 32.8 Å². The summed E-state index contributed by atoms with van der Waals surface area (Å²) in [6.45, 7) is 0. The predicted molar refractivity (Wildman–Crippen MR) is 92.1 cm³/mol. The summed E-state index contributed by atoms with van der Waals surface area (Å²) in [4.78, 5) is 27.6. The number of aromatic amines is 1. The second kappa shape index (κ2) is 5.75. The van der Waals surface area contributed by atoms with E-state index in [1.165, 1.54) is 4.52 Å². The van der Waals surface area contributed by atoms with E-state index in [2.05, 4.69) is 20.6 Å². The van der Waals surface area contributed by atoms with Crippen LogP contribution >= 0.6 is 0 Å². The third-order valence-corrected chi connectivity index (χ3v) is 3.83. The third kappa shape index (κ3) is 2.49. The van der Waals surface area contributed by atoms with Crippen molar-refractivity contribution in [3.63, 3.8) is 0 Å². The summed E-state index contributed by atoms with van der Waals surface area (Å²) in [6.07, 6.45) is 0. The zero-order valence-electron chi connectivity index (χ0n) is 13.2. The Balaban J connectivity index is 1.77. The normalized spacial score (nSPS) is 10.9. The van der Waals surface area contributed by atoms with Gasteiger partial charge in [0.15, 0.2) is 11.2 Å². The molecule has 0 atom stereocenters. The quantitative estimate of drug-likeness (QED) is 0.595. The Hall–Kier alpha value is -3.68. The van der Waals surface area contributed by atoms with Crippen LogP contribution < -0.4 is 15.6 Å². The van der Waals surface area contributed by atoms with E-state index < -0.39 is 11.5 Å². The van der Waals surface area contributed by atoms with Gasteiger partial charge in [0.05, 0.1) is 18.1 Å². The molecule has 124 valence electrons. The van der Waals surface area contributed by atoms with Crippen molar-refractivity contribution in [1.29, 1.82) is 0 Å². The molecule has 0 bridgehead atoms. The molecule has 0 aliphatic carbocycles. The smallest absolute Gasteiger partial charge is 0.278 e. The number of aromatic nitrogens is 4. The van der Waals surface area contributed by atoms with Gasteiger partial charge in [0.1, 0.15) is 5.75 Å². The number of rotatable bonds is 3. The van der Waals surface area contributed by atoms with Crippen LogP contribution in [0.15, 0.2) is 53.3 Å². The van der Waals surface area contributed by atoms with Gasteiger partial charge in [0.25, 0.3) is 11.5 Å². The number of hydrogen-bond acceptors (Lipinski definition) is 5. The lowest BCUT2D eigenvalue weighted by molar-refractivity contribution is 0.102. The van der Waals surface area contributed by atoms with Crippen molar-refractivity contribution in [2.75, 3.05) is 12.4 Å². The maximum atomic E-state index is 12.5. The first-order chi connectivity index (χ1) is 12.2. The van der Waals surface area contributed by atoms with Crippen molar-refractivity contribution in [2.45, 2.75) is 0 Å². The fourth-order valence-corrected chi connectivity index (χ4v) is 2.62. The largest absolute Gasteiger partial charge is 0.497 e. The highest BCUT2D eigenvalue weighted by atomic mass is 16.5. The number of fused-ring (bicyclic) bond motifs is 3. The molecule has 8 nitrogen and oxygen atoms in total. The molecule has 4 aromatic rings. The van der Waals surface area contributed by atoms with Crippen molar-refractivity contribution in [2.24, 2.45) is 0 Å². The number of H-pyrrole nitrogens is 1. The molecule has 0 unspecified atom stereocenters. The average molecular weight is 335 g/mol. The number of methoxy groups -OCH3 is 1. The zero-order valence-corrected chi connectivity index (χ0v) is 13.2. The van der Waals surface area contributed by atoms with Crippen LogP contribution in [0.25, 0.3) is 16.6 Å². The molecule has 0 aliphatic heterocycles. The fourth-order valence-electron chi connectivity index (χ4n) is 2.62. The van der Waals surface area contributed by atoms with Gasteiger partial charge in [0.2, 0.25) is 0 Å². The number of hydrogen-bond donors (Lipinski definition) is 2. The summed E-state index contributed by atoms with van der Waals surface area (Å²) in [5, 5.41) is 10.6. The summed E-state index contributed by atoms with van der Waals surface area (Å²) in [6, 6.07) is 14.0. The van der Waals surface area contributed by atoms with E-state index in [1.54, 1.807) is 49.6 Å². The summed E-state index contributed by atoms with van der Waals surface area (Å²) in [5.41, 5.74) is 1.47. The molecule has 8 heteroatoms. The maximum Gasteiger partial charge on any atom is 0.278 e. The fraction of sp³-hybridized carbons (Fsp3) is 0.0588. The lowest BCUT2D eigenvalue weighted by Crippen LogP contribution is -2.17. The zero-order chi connectivity index (χ0) is 17.4. The first-order valence-electron chi connectivity index (χ1n) is 7.49. The van der Waals surface area contributed by atoms with Crippen LogP contribution in [0.1, 0.15) is 10.5 Å². The number of para-hydroxylation sites is 2. The second-order valence-electron chi connectivity index (χ2n) is 5.35. The minimum atomic E-state index is -0.513. The first-order valence-corrected chi connectivity index (χ1v) is 7.49. The van der Waals surface area contributed by atoms with E-state index in [0.29, 0.717) is 22.5 Å². The molecule has 25 heavy (non-hydrogen) atoms. The highest BCUT2D eigenvalue weighted by molar-refractivity contribution is 6.07. The number of nitrogens with zero attached hydrogens (tertiary/aromatic N) is 3. The van der Waals surface area contributed by atoms with Gasteiger partial charge in [-0.2, -0.15) is 0 Å². The van der Waals surface area contributed by atoms with Gasteiger partial charge in [-0.05, 0) is 36.4 Å². The number of ether oxygens (including phenoxy) is 1. The van der Waals surface area contributed by atoms with E-state index >= 15 is 0 Å². The molecule has 1 amide bonds. The molecular weight excluding hydrogens is 322 g/mol. The predicted octanol–water partition coefficient (Wildman–Crippen LogP) is 1.83. The van der Waals surface area contributed by atoms with Crippen LogP contribution in [-0.2, 0) is 0 Å². The molecule has 4 rings (SSSR count). The lowest BCUT2D eigenvalue weighted by Gasteiger charge is -2.05. The SMILES string of the molecule is COc1ccc(NC(=O)c2nnn3c2c(=O)[nH]c2ccccc23)cc1. The molecule has 2 aromatic carbocycles. The second-order valence-corrected chi connectivity index (χ2v) is 5.35. The molecule has 0 aliphatic rings. The number of benzene rings is 2. The molecule has 2 aromatic heterocycles. The first kappa shape index (κ1) is 14.9. The number of carbonyl (C=O) groups excluding carboxylic acids is 1. The molecule has 0 saturated heterocycles. The molecule has 2 heterocycles. The standard InChI is InChI=1S/C17H13N5O3/c1-25-11-8-6-10(7-9-11)18-16(23)14-15-17(24)19-12-4-2-3-5-13(12)22(15)21-20-14/h2-9H,1H3,(H,18,23)(H,19,24). The van der Waals surface area contributed by atoms with Crippen molar-refractivity contribution in [1.82, 2.24) is 19.8 Å². The monoisotopic (exact) mass is 335 g/mol. The Kier molecular flexibility index (Phi) is 3.42. The average Bonchev–Trinajstić information content (AvgIpc) is 3.09. The van der Waals surface area contributed by atoms with Crippen LogP contribution in [0.5, 0.6) is 5.75 Å². The number of amides is 1. The van der Waals surface area contributed by atoms with E-state index in [1.807, 2.05) is 6.07 Å². The van der Waals surface area contributed by atoms with E-state index in [4.69, 9.17) is 4.74 Å². The molecule has 0 fully saturated rings. The van der Waals surface area contributed by atoms with Gasteiger partial charge in [0, 0.05) is 5.69 Å². The Morgan fingerprint density at radius 3 is 2.68 bits per heavy atom. The van der Waals surface area contributed by atoms with Gasteiger partial charge in [-0.1, -0.05) is 17.3 Å². The highest BCUT2D eigenvalue weighted by Crippen LogP contribution is 2.17. The molecule has 0 saturated carbocycles. The number of nitrogens with one attached hydrogen (secondary N) is 2. The van der Waals surface area contributed by atoms with Crippen LogP contribution in [0.3, 0.4) is 0 Å². The van der Waals surface area contributed by atoms with Gasteiger partial charge in [-0.15, -0.1) is 5.10 Å². The third-order valence-electron chi connectivity index (χ3n) is 3.83. The van der Waals surface area contributed by atoms with E-state index in [9.17, 15) is 9.59 Å². The Morgan fingerprint density at radius 2 is 1.92 bits per heavy atom. The minimum Gasteiger partial charge on any atom is -0.497 e. The lowest BCUT2D eigenvalue weighted by atomic mass is 10.2. The maximum absolute atomic E-state index is 12.5. The van der Waals surface area contributed by atoms with Crippen molar-refractivity contribution in [3.05, 3.63) is 64.6 Å². The van der Waals surface area contributed by atoms with Crippen LogP contribution in [0, 0.1) is 0 Å². The number of anilines is 1. The highest BCUT2D eigenvalue weighted by Gasteiger charge is 2.19.